The molecule has 0 saturated heterocycles. The van der Waals surface area contributed by atoms with E-state index in [4.69, 9.17) is 16.7 Å². The van der Waals surface area contributed by atoms with Gasteiger partial charge >= 0.3 is 5.97 Å². The fourth-order valence-electron chi connectivity index (χ4n) is 2.34. The Kier molecular flexibility index (Phi) is 6.08. The summed E-state index contributed by atoms with van der Waals surface area (Å²) in [7, 11) is -3.89. The molecule has 25 heavy (non-hydrogen) atoms. The molecule has 5 nitrogen and oxygen atoms in total. The summed E-state index contributed by atoms with van der Waals surface area (Å²) < 4.78 is 27.1. The fraction of sp³-hybridized carbons (Fsp3) is 0.278. The lowest BCUT2D eigenvalue weighted by atomic mass is 10.0. The van der Waals surface area contributed by atoms with Crippen LogP contribution >= 0.6 is 11.6 Å². The van der Waals surface area contributed by atoms with Crippen molar-refractivity contribution >= 4 is 33.3 Å². The monoisotopic (exact) mass is 381 g/mol. The Morgan fingerprint density at radius 2 is 1.64 bits per heavy atom. The molecule has 0 aliphatic carbocycles. The second-order valence-electron chi connectivity index (χ2n) is 5.92. The Morgan fingerprint density at radius 3 is 2.12 bits per heavy atom. The van der Waals surface area contributed by atoms with Gasteiger partial charge in [0.05, 0.1) is 17.0 Å². The zero-order valence-electron chi connectivity index (χ0n) is 14.0. The molecule has 0 unspecified atom stereocenters. The molecule has 0 aliphatic heterocycles. The van der Waals surface area contributed by atoms with Crippen LogP contribution in [0.15, 0.2) is 53.4 Å². The molecule has 0 atom stereocenters. The number of anilines is 1. The van der Waals surface area contributed by atoms with Gasteiger partial charge in [-0.2, -0.15) is 0 Å². The first kappa shape index (κ1) is 19.3. The van der Waals surface area contributed by atoms with E-state index in [1.807, 2.05) is 26.0 Å². The van der Waals surface area contributed by atoms with Crippen molar-refractivity contribution < 1.29 is 18.3 Å². The van der Waals surface area contributed by atoms with Gasteiger partial charge in [0, 0.05) is 11.6 Å². The third-order valence-corrected chi connectivity index (χ3v) is 5.87. The highest BCUT2D eigenvalue weighted by Gasteiger charge is 2.25. The fourth-order valence-corrected chi connectivity index (χ4v) is 3.94. The van der Waals surface area contributed by atoms with Gasteiger partial charge in [0.2, 0.25) is 0 Å². The van der Waals surface area contributed by atoms with E-state index in [0.717, 1.165) is 9.87 Å². The van der Waals surface area contributed by atoms with Gasteiger partial charge in [-0.1, -0.05) is 37.6 Å². The molecule has 7 heteroatoms. The lowest BCUT2D eigenvalue weighted by molar-refractivity contribution is -0.136. The van der Waals surface area contributed by atoms with Crippen molar-refractivity contribution in [2.24, 2.45) is 0 Å². The number of carboxylic acid groups (broad SMARTS) is 1. The molecule has 134 valence electrons. The lowest BCUT2D eigenvalue weighted by Crippen LogP contribution is -2.33. The van der Waals surface area contributed by atoms with E-state index < -0.39 is 16.0 Å². The normalized spacial score (nSPS) is 11.5. The van der Waals surface area contributed by atoms with E-state index in [0.29, 0.717) is 16.6 Å². The molecule has 2 aromatic rings. The number of nitrogens with zero attached hydrogens (tertiary/aromatic N) is 1. The van der Waals surface area contributed by atoms with Gasteiger partial charge in [-0.15, -0.1) is 0 Å². The number of benzene rings is 2. The van der Waals surface area contributed by atoms with Crippen LogP contribution in [0.5, 0.6) is 0 Å². The van der Waals surface area contributed by atoms with Crippen LogP contribution in [0.1, 0.15) is 31.7 Å². The van der Waals surface area contributed by atoms with Gasteiger partial charge < -0.3 is 5.11 Å². The number of hydrogen-bond donors (Lipinski definition) is 1. The summed E-state index contributed by atoms with van der Waals surface area (Å²) in [5, 5.41) is 9.39. The molecule has 0 bridgehead atoms. The zero-order valence-corrected chi connectivity index (χ0v) is 15.6. The summed E-state index contributed by atoms with van der Waals surface area (Å²) in [6, 6.07) is 12.9. The van der Waals surface area contributed by atoms with Crippen LogP contribution in [-0.2, 0) is 14.8 Å². The van der Waals surface area contributed by atoms with Crippen LogP contribution < -0.4 is 4.31 Å². The molecule has 0 radical (unpaired) electrons. The molecule has 0 heterocycles. The van der Waals surface area contributed by atoms with Crippen molar-refractivity contribution in [1.82, 2.24) is 0 Å². The maximum absolute atomic E-state index is 13.0. The van der Waals surface area contributed by atoms with Crippen molar-refractivity contribution in [3.8, 4) is 0 Å². The molecule has 0 aliphatic rings. The molecule has 2 rings (SSSR count). The Balaban J connectivity index is 2.44. The van der Waals surface area contributed by atoms with Crippen molar-refractivity contribution in [3.05, 3.63) is 59.1 Å². The van der Waals surface area contributed by atoms with Gasteiger partial charge in [-0.25, -0.2) is 8.42 Å². The summed E-state index contributed by atoms with van der Waals surface area (Å²) in [5.41, 5.74) is 1.51. The largest absolute Gasteiger partial charge is 0.481 e. The van der Waals surface area contributed by atoms with Gasteiger partial charge in [-0.05, 0) is 47.9 Å². The average Bonchev–Trinajstić information content (AvgIpc) is 2.55. The van der Waals surface area contributed by atoms with E-state index in [1.54, 1.807) is 12.1 Å². The topological polar surface area (TPSA) is 74.7 Å². The van der Waals surface area contributed by atoms with Crippen LogP contribution in [0.4, 0.5) is 5.69 Å². The van der Waals surface area contributed by atoms with Gasteiger partial charge in [-0.3, -0.25) is 9.10 Å². The number of aliphatic carboxylic acids is 1. The minimum Gasteiger partial charge on any atom is -0.481 e. The van der Waals surface area contributed by atoms with Crippen LogP contribution in [0.3, 0.4) is 0 Å². The number of sulfonamides is 1. The van der Waals surface area contributed by atoms with E-state index in [2.05, 4.69) is 0 Å². The Labute approximate surface area is 152 Å². The van der Waals surface area contributed by atoms with E-state index >= 15 is 0 Å². The Bertz CT molecular complexity index is 830. The maximum atomic E-state index is 13.0. The molecule has 0 fully saturated rings. The van der Waals surface area contributed by atoms with Crippen molar-refractivity contribution in [2.75, 3.05) is 10.8 Å². The van der Waals surface area contributed by atoms with Crippen LogP contribution in [0.2, 0.25) is 5.02 Å². The summed E-state index contributed by atoms with van der Waals surface area (Å²) in [5.74, 6) is -0.746. The number of halogens is 1. The van der Waals surface area contributed by atoms with Gasteiger partial charge in [0.1, 0.15) is 0 Å². The van der Waals surface area contributed by atoms with Crippen molar-refractivity contribution in [3.63, 3.8) is 0 Å². The summed E-state index contributed by atoms with van der Waals surface area (Å²) in [6.45, 7) is 3.94. The summed E-state index contributed by atoms with van der Waals surface area (Å²) in [6.07, 6.45) is -0.293. The number of carboxylic acids is 1. The van der Waals surface area contributed by atoms with Crippen molar-refractivity contribution in [1.29, 1.82) is 0 Å². The highest BCUT2D eigenvalue weighted by Crippen LogP contribution is 2.26. The third-order valence-electron chi connectivity index (χ3n) is 3.78. The smallest absolute Gasteiger partial charge is 0.305 e. The van der Waals surface area contributed by atoms with E-state index in [9.17, 15) is 13.2 Å². The molecule has 2 aromatic carbocycles. The SMILES string of the molecule is CC(C)c1ccc(N(CCC(=O)O)S(=O)(=O)c2ccc(Cl)cc2)cc1. The minimum absolute atomic E-state index is 0.0650. The average molecular weight is 382 g/mol. The molecular weight excluding hydrogens is 362 g/mol. The zero-order chi connectivity index (χ0) is 18.6. The van der Waals surface area contributed by atoms with E-state index in [-0.39, 0.29) is 17.9 Å². The number of carbonyl (C=O) groups is 1. The first-order valence-electron chi connectivity index (χ1n) is 7.82. The highest BCUT2D eigenvalue weighted by molar-refractivity contribution is 7.92. The van der Waals surface area contributed by atoms with Gasteiger partial charge in [0.15, 0.2) is 0 Å². The Morgan fingerprint density at radius 1 is 1.08 bits per heavy atom. The summed E-state index contributed by atoms with van der Waals surface area (Å²) >= 11 is 5.82. The third kappa shape index (κ3) is 4.74. The predicted octanol–water partition coefficient (Wildman–Crippen LogP) is 4.13. The lowest BCUT2D eigenvalue weighted by Gasteiger charge is -2.24. The number of hydrogen-bond acceptors (Lipinski definition) is 3. The molecule has 1 N–H and O–H groups in total. The standard InChI is InChI=1S/C18H20ClNO4S/c1-13(2)14-3-7-16(8-4-14)20(12-11-18(21)22)25(23,24)17-9-5-15(19)6-10-17/h3-10,13H,11-12H2,1-2H3,(H,21,22). The first-order valence-corrected chi connectivity index (χ1v) is 9.63. The minimum atomic E-state index is -3.89. The van der Waals surface area contributed by atoms with Gasteiger partial charge in [0.25, 0.3) is 10.0 Å². The Hall–Kier alpha value is -2.05. The van der Waals surface area contributed by atoms with Crippen LogP contribution in [-0.4, -0.2) is 26.0 Å². The summed E-state index contributed by atoms with van der Waals surface area (Å²) in [4.78, 5) is 11.0. The van der Waals surface area contributed by atoms with Crippen LogP contribution in [0.25, 0.3) is 0 Å². The molecule has 0 spiro atoms. The quantitative estimate of drug-likeness (QED) is 0.782. The highest BCUT2D eigenvalue weighted by atomic mass is 35.5. The van der Waals surface area contributed by atoms with Crippen LogP contribution in [0, 0.1) is 0 Å². The number of rotatable bonds is 7. The first-order chi connectivity index (χ1) is 11.7. The molecule has 0 amide bonds. The molecular formula is C18H20ClNO4S. The molecule has 0 aromatic heterocycles. The second-order valence-corrected chi connectivity index (χ2v) is 8.22. The second kappa shape index (κ2) is 7.89. The maximum Gasteiger partial charge on any atom is 0.305 e. The predicted molar refractivity (Wildman–Crippen MR) is 98.8 cm³/mol. The van der Waals surface area contributed by atoms with Crippen molar-refractivity contribution in [2.45, 2.75) is 31.1 Å². The molecule has 0 saturated carbocycles. The van der Waals surface area contributed by atoms with E-state index in [1.165, 1.54) is 24.3 Å².